The van der Waals surface area contributed by atoms with Crippen LogP contribution in [0.1, 0.15) is 128 Å². The van der Waals surface area contributed by atoms with Crippen LogP contribution in [-0.4, -0.2) is 67.8 Å². The molecular weight excluding hydrogens is 2350 g/mol. The van der Waals surface area contributed by atoms with E-state index in [1.165, 1.54) is 23.8 Å². The number of rotatable bonds is 19. The number of furan rings is 3. The van der Waals surface area contributed by atoms with Crippen LogP contribution in [0.15, 0.2) is 317 Å². The summed E-state index contributed by atoms with van der Waals surface area (Å²) < 4.78 is 144. The summed E-state index contributed by atoms with van der Waals surface area (Å²) in [5.41, 5.74) is 22.1. The molecule has 9 heterocycles. The summed E-state index contributed by atoms with van der Waals surface area (Å²) in [6, 6.07) is 111. The standard InChI is InChI=1S/C26H17N2O.C22H17N2O.C21H15N2O.3C19H26NSi.3Ir/c1-2-9-18(10-3-1)17-28-23-15-6-5-14-22(23)27-26(28)21-13-8-12-20-19-11-4-7-16-24(19)29-25(20)21;1-14(2)24-19-12-5-4-11-18(19)23-22(24)17-10-7-9-16-15-8-3-6-13-20(15)25-21(16)17;1-2-23-18-12-5-4-11-17(18)22-21(23)16-10-7-9-15-14-8-3-6-13-19(14)24-20(15)16;3*1-14(2)11-17-12-18(16-9-7-15(3)8-10-16)20-13-19(17)21(4,5)6;;;/h1-12,14-16H,17H2;3-9,11-14H,1-2H3;3-9,11-13H,2H2,1H3;3*7-9,12-14H,11H2,1-6H3;;;/q6*-1;;;/i;;;3*3D3,11D2;;;. The third-order valence-corrected chi connectivity index (χ3v) is 30.4. The van der Waals surface area contributed by atoms with E-state index in [1.807, 2.05) is 169 Å². The molecule has 12 nitrogen and oxygen atoms in total. The molecule has 0 spiro atoms. The van der Waals surface area contributed by atoms with Crippen LogP contribution >= 0.6 is 0 Å². The molecule has 144 heavy (non-hydrogen) atoms. The zero-order valence-corrected chi connectivity index (χ0v) is 94.5. The van der Waals surface area contributed by atoms with Crippen molar-refractivity contribution in [3.05, 3.63) is 379 Å². The molecule has 0 aliphatic rings. The van der Waals surface area contributed by atoms with E-state index in [0.29, 0.717) is 50.5 Å². The van der Waals surface area contributed by atoms with E-state index in [2.05, 4.69) is 248 Å². The van der Waals surface area contributed by atoms with E-state index >= 15 is 0 Å². The third-order valence-electron chi connectivity index (χ3n) is 24.3. The number of hydrogen-bond donors (Lipinski definition) is 0. The molecule has 0 aliphatic carbocycles. The number of nitrogens with zero attached hydrogens (tertiary/aromatic N) is 9. The molecule has 0 amide bonds. The molecule has 22 rings (SSSR count). The Balaban J connectivity index is 0.000000148. The first kappa shape index (κ1) is 88.2. The molecule has 13 aromatic carbocycles. The van der Waals surface area contributed by atoms with Crippen molar-refractivity contribution in [2.45, 2.75) is 180 Å². The van der Waals surface area contributed by atoms with Gasteiger partial charge in [-0.15, -0.1) is 161 Å². The molecule has 0 aliphatic heterocycles. The predicted molar refractivity (Wildman–Crippen MR) is 600 cm³/mol. The van der Waals surface area contributed by atoms with Crippen LogP contribution in [0.4, 0.5) is 0 Å². The van der Waals surface area contributed by atoms with Crippen LogP contribution in [0.2, 0.25) is 58.9 Å². The van der Waals surface area contributed by atoms with Gasteiger partial charge in [-0.05, 0) is 150 Å². The molecule has 0 N–H and O–H groups in total. The van der Waals surface area contributed by atoms with Crippen molar-refractivity contribution in [1.29, 1.82) is 0 Å². The zero-order chi connectivity index (χ0) is 112. The molecule has 0 unspecified atom stereocenters. The zero-order valence-electron chi connectivity index (χ0n) is 99.3. The summed E-state index contributed by atoms with van der Waals surface area (Å²) in [4.78, 5) is 28.3. The van der Waals surface area contributed by atoms with Gasteiger partial charge in [-0.25, -0.2) is 0 Å². The summed E-state index contributed by atoms with van der Waals surface area (Å²) in [5.74, 6) is 2.17. The first-order chi connectivity index (χ1) is 73.7. The molecule has 0 saturated heterocycles. The number of hydrogen-bond acceptors (Lipinski definition) is 9. The number of imidazole rings is 3. The van der Waals surface area contributed by atoms with Crippen LogP contribution in [0.5, 0.6) is 0 Å². The summed E-state index contributed by atoms with van der Waals surface area (Å²) in [7, 11) is -5.33. The van der Waals surface area contributed by atoms with Gasteiger partial charge in [0.1, 0.15) is 16.7 Å². The van der Waals surface area contributed by atoms with Crippen molar-refractivity contribution < 1.29 is 94.1 Å². The first-order valence-corrected chi connectivity index (χ1v) is 58.7. The Morgan fingerprint density at radius 2 is 0.653 bits per heavy atom. The van der Waals surface area contributed by atoms with Crippen molar-refractivity contribution in [2.75, 3.05) is 0 Å². The van der Waals surface area contributed by atoms with Gasteiger partial charge in [0.25, 0.3) is 0 Å². The van der Waals surface area contributed by atoms with Crippen LogP contribution in [0.3, 0.4) is 0 Å². The fraction of sp³-hybridized carbons (Fsp3) is 0.238. The predicted octanol–water partition coefficient (Wildman–Crippen LogP) is 31.7. The smallest absolute Gasteiger partial charge is 0.120 e. The minimum Gasteiger partial charge on any atom is -0.501 e. The number of benzene rings is 13. The van der Waals surface area contributed by atoms with Gasteiger partial charge in [0.05, 0.1) is 91.5 Å². The maximum absolute atomic E-state index is 8.59. The van der Waals surface area contributed by atoms with Gasteiger partial charge in [0.2, 0.25) is 0 Å². The van der Waals surface area contributed by atoms with Gasteiger partial charge in [0, 0.05) is 135 Å². The Morgan fingerprint density at radius 3 is 0.986 bits per heavy atom. The average molecular weight is 2490 g/mol. The summed E-state index contributed by atoms with van der Waals surface area (Å²) in [6.07, 6.45) is 0.984. The molecule has 0 saturated carbocycles. The molecule has 0 bridgehead atoms. The molecule has 22 aromatic rings. The van der Waals surface area contributed by atoms with Gasteiger partial charge < -0.3 is 41.9 Å². The quantitative estimate of drug-likeness (QED) is 0.0573. The molecule has 739 valence electrons. The van der Waals surface area contributed by atoms with E-state index in [1.54, 1.807) is 55.0 Å². The van der Waals surface area contributed by atoms with E-state index in [9.17, 15) is 0 Å². The first-order valence-electron chi connectivity index (χ1n) is 55.7. The summed E-state index contributed by atoms with van der Waals surface area (Å²) >= 11 is 0. The molecule has 3 radical (unpaired) electrons. The van der Waals surface area contributed by atoms with Crippen molar-refractivity contribution in [3.63, 3.8) is 0 Å². The minimum absolute atomic E-state index is 0. The van der Waals surface area contributed by atoms with Crippen LogP contribution in [-0.2, 0) is 92.5 Å². The van der Waals surface area contributed by atoms with E-state index < -0.39 is 63.9 Å². The average Bonchev–Trinajstić information content (AvgIpc) is 1.68. The van der Waals surface area contributed by atoms with Crippen molar-refractivity contribution in [1.82, 2.24) is 43.6 Å². The second-order valence-electron chi connectivity index (χ2n) is 39.6. The van der Waals surface area contributed by atoms with Crippen molar-refractivity contribution in [3.8, 4) is 67.9 Å². The topological polar surface area (TPSA) is 132 Å². The van der Waals surface area contributed by atoms with Crippen molar-refractivity contribution in [2.24, 2.45) is 17.8 Å². The largest absolute Gasteiger partial charge is 0.501 e. The Labute approximate surface area is 914 Å². The van der Waals surface area contributed by atoms with E-state index in [0.717, 1.165) is 162 Å². The Morgan fingerprint density at radius 1 is 0.340 bits per heavy atom. The van der Waals surface area contributed by atoms with E-state index in [4.69, 9.17) is 48.8 Å². The maximum atomic E-state index is 8.59. The second kappa shape index (κ2) is 46.8. The van der Waals surface area contributed by atoms with Crippen molar-refractivity contribution >= 4 is 139 Å². The minimum atomic E-state index is -2.16. The SMILES string of the molecule is CC(C)n1c(-c2[c-]ccc3c2oc2ccccc23)nc2ccccc21.CCn1c(-c2[c-]ccc3c2oc2ccccc23)nc2ccccc21.[2H]C([2H])([2H])c1c[c-]c(-c2cc(C([2H])([2H])C(C)C)c([Si](C)(C)C)cn2)cc1.[2H]C([2H])([2H])c1c[c-]c(-c2cc(C([2H])([2H])C(C)C)c([Si](C)(C)C)cn2)cc1.[2H]C([2H])([2H])c1c[c-]c(-c2cc(C([2H])([2H])C(C)C)c([Si](C)(C)C)cn2)cc1.[Ir].[Ir].[Ir].[c-]1ccc2c(oc3ccccc32)c1-c1nc2ccccc2n1Cc1ccccc1. The molecular formula is C126H127Ir3N9O3Si3-6. The molecule has 0 fully saturated rings. The van der Waals surface area contributed by atoms with Gasteiger partial charge in [-0.1, -0.05) is 310 Å². The van der Waals surface area contributed by atoms with E-state index in [-0.39, 0.29) is 101 Å². The van der Waals surface area contributed by atoms with Crippen LogP contribution in [0, 0.1) is 74.7 Å². The number of aromatic nitrogens is 9. The maximum Gasteiger partial charge on any atom is 0.120 e. The second-order valence-corrected chi connectivity index (χ2v) is 54.7. The van der Waals surface area contributed by atoms with Gasteiger partial charge in [-0.2, -0.15) is 0 Å². The van der Waals surface area contributed by atoms with Gasteiger partial charge in [-0.3, -0.25) is 15.0 Å². The Bertz CT molecular complexity index is 8550. The number of fused-ring (bicyclic) bond motifs is 12. The molecule has 18 heteroatoms. The van der Waals surface area contributed by atoms with Gasteiger partial charge >= 0.3 is 0 Å². The molecule has 0 atom stereocenters. The van der Waals surface area contributed by atoms with Gasteiger partial charge in [0.15, 0.2) is 0 Å². The monoisotopic (exact) mass is 2490 g/mol. The number of aryl methyl sites for hydroxylation is 4. The number of para-hydroxylation sites is 9. The van der Waals surface area contributed by atoms with Crippen LogP contribution < -0.4 is 15.6 Å². The fourth-order valence-corrected chi connectivity index (χ4v) is 21.9. The molecule has 9 aromatic heterocycles. The Hall–Kier alpha value is -12.3. The Kier molecular flexibility index (Phi) is 28.7. The summed E-state index contributed by atoms with van der Waals surface area (Å²) in [5, 5.41) is 9.70. The van der Waals surface area contributed by atoms with Crippen LogP contribution in [0.25, 0.3) is 167 Å². The fourth-order valence-electron chi connectivity index (χ4n) is 17.7. The number of pyridine rings is 3. The third kappa shape index (κ3) is 24.4. The normalized spacial score (nSPS) is 13.7. The summed E-state index contributed by atoms with van der Waals surface area (Å²) in [6.45, 7) is 32.5.